The van der Waals surface area contributed by atoms with Gasteiger partial charge < -0.3 is 5.32 Å². The third-order valence-electron chi connectivity index (χ3n) is 3.75. The lowest BCUT2D eigenvalue weighted by atomic mass is 10.1. The summed E-state index contributed by atoms with van der Waals surface area (Å²) >= 11 is 0. The van der Waals surface area contributed by atoms with Crippen molar-refractivity contribution in [3.05, 3.63) is 52.8 Å². The minimum atomic E-state index is -0.00128. The largest absolute Gasteiger partial charge is 0.350 e. The zero-order chi connectivity index (χ0) is 16.1. The van der Waals surface area contributed by atoms with Gasteiger partial charge in [0, 0.05) is 17.3 Å². The Hall–Kier alpha value is -2.10. The van der Waals surface area contributed by atoms with E-state index in [1.165, 1.54) is 0 Å². The van der Waals surface area contributed by atoms with Gasteiger partial charge in [-0.05, 0) is 51.0 Å². The van der Waals surface area contributed by atoms with Gasteiger partial charge in [0.25, 0.3) is 5.91 Å². The fourth-order valence-electron chi connectivity index (χ4n) is 2.58. The van der Waals surface area contributed by atoms with Gasteiger partial charge in [-0.1, -0.05) is 25.5 Å². The molecule has 0 saturated carbocycles. The zero-order valence-corrected chi connectivity index (χ0v) is 13.9. The Morgan fingerprint density at radius 3 is 2.50 bits per heavy atom. The summed E-state index contributed by atoms with van der Waals surface area (Å²) in [6.45, 7) is 8.94. The number of amides is 1. The molecule has 1 heterocycles. The average molecular weight is 299 g/mol. The predicted molar refractivity (Wildman–Crippen MR) is 89.1 cm³/mol. The van der Waals surface area contributed by atoms with Crippen LogP contribution in [-0.4, -0.2) is 21.7 Å². The number of aromatic nitrogens is 2. The Balaban J connectivity index is 2.01. The summed E-state index contributed by atoms with van der Waals surface area (Å²) in [7, 11) is 0. The van der Waals surface area contributed by atoms with Crippen LogP contribution >= 0.6 is 0 Å². The van der Waals surface area contributed by atoms with Crippen molar-refractivity contribution in [3.63, 3.8) is 0 Å². The summed E-state index contributed by atoms with van der Waals surface area (Å²) in [5.41, 5.74) is 4.02. The molecule has 2 rings (SSSR count). The van der Waals surface area contributed by atoms with Crippen LogP contribution in [0.5, 0.6) is 0 Å². The number of rotatable bonds is 6. The van der Waals surface area contributed by atoms with Gasteiger partial charge in [-0.2, -0.15) is 5.10 Å². The van der Waals surface area contributed by atoms with Gasteiger partial charge in [0.2, 0.25) is 0 Å². The van der Waals surface area contributed by atoms with Gasteiger partial charge in [-0.25, -0.2) is 0 Å². The van der Waals surface area contributed by atoms with Crippen LogP contribution in [0.4, 0.5) is 0 Å². The Bertz CT molecular complexity index is 628. The minimum absolute atomic E-state index is 0.00128. The molecule has 0 aliphatic heterocycles. The van der Waals surface area contributed by atoms with E-state index >= 15 is 0 Å². The second-order valence-corrected chi connectivity index (χ2v) is 5.94. The molecule has 1 amide bonds. The molecule has 0 fully saturated rings. The van der Waals surface area contributed by atoms with Crippen LogP contribution in [0.3, 0.4) is 0 Å². The number of nitrogens with one attached hydrogen (secondary N) is 1. The van der Waals surface area contributed by atoms with Crippen molar-refractivity contribution in [2.75, 3.05) is 0 Å². The van der Waals surface area contributed by atoms with E-state index in [0.717, 1.165) is 36.3 Å². The molecule has 1 aromatic heterocycles. The molecule has 0 bridgehead atoms. The minimum Gasteiger partial charge on any atom is -0.350 e. The Morgan fingerprint density at radius 2 is 1.95 bits per heavy atom. The summed E-state index contributed by atoms with van der Waals surface area (Å²) in [5, 5.41) is 7.48. The number of benzene rings is 1. The fourth-order valence-corrected chi connectivity index (χ4v) is 2.58. The number of carbonyl (C=O) groups excluding carboxylic acids is 1. The molecule has 0 aliphatic rings. The summed E-state index contributed by atoms with van der Waals surface area (Å²) in [6, 6.07) is 10.0. The summed E-state index contributed by atoms with van der Waals surface area (Å²) in [5.74, 6) is -0.00128. The maximum absolute atomic E-state index is 12.1. The molecule has 0 spiro atoms. The number of aryl methyl sites for hydroxylation is 2. The first-order valence-corrected chi connectivity index (χ1v) is 7.90. The van der Waals surface area contributed by atoms with Crippen molar-refractivity contribution in [1.82, 2.24) is 15.1 Å². The van der Waals surface area contributed by atoms with Crippen molar-refractivity contribution in [3.8, 4) is 0 Å². The Morgan fingerprint density at radius 1 is 1.27 bits per heavy atom. The summed E-state index contributed by atoms with van der Waals surface area (Å²) < 4.78 is 1.98. The van der Waals surface area contributed by atoms with E-state index < -0.39 is 0 Å². The van der Waals surface area contributed by atoms with Gasteiger partial charge in [0.1, 0.15) is 0 Å². The second-order valence-electron chi connectivity index (χ2n) is 5.94. The molecule has 4 heteroatoms. The molecule has 0 radical (unpaired) electrons. The van der Waals surface area contributed by atoms with Crippen LogP contribution in [0.15, 0.2) is 30.3 Å². The van der Waals surface area contributed by atoms with Crippen molar-refractivity contribution < 1.29 is 4.79 Å². The van der Waals surface area contributed by atoms with E-state index in [-0.39, 0.29) is 11.9 Å². The van der Waals surface area contributed by atoms with Crippen LogP contribution in [0.25, 0.3) is 0 Å². The molecular weight excluding hydrogens is 274 g/mol. The van der Waals surface area contributed by atoms with Crippen LogP contribution < -0.4 is 5.32 Å². The van der Waals surface area contributed by atoms with E-state index in [0.29, 0.717) is 5.56 Å². The Kier molecular flexibility index (Phi) is 5.36. The maximum Gasteiger partial charge on any atom is 0.251 e. The van der Waals surface area contributed by atoms with Crippen LogP contribution in [0.1, 0.15) is 54.0 Å². The van der Waals surface area contributed by atoms with Crippen molar-refractivity contribution >= 4 is 5.91 Å². The standard InChI is InChI=1S/C18H25N3O/c1-5-6-13(2)19-18(22)17-9-7-16(8-10-17)12-21-15(4)11-14(3)20-21/h7-11,13H,5-6,12H2,1-4H3,(H,19,22)/t13-/m1/s1. The molecule has 0 unspecified atom stereocenters. The fraction of sp³-hybridized carbons (Fsp3) is 0.444. The highest BCUT2D eigenvalue weighted by Gasteiger charge is 2.09. The summed E-state index contributed by atoms with van der Waals surface area (Å²) in [4.78, 5) is 12.1. The first-order chi connectivity index (χ1) is 10.5. The van der Waals surface area contributed by atoms with Crippen molar-refractivity contribution in [2.45, 2.75) is 53.1 Å². The van der Waals surface area contributed by atoms with Crippen LogP contribution in [0, 0.1) is 13.8 Å². The van der Waals surface area contributed by atoms with Crippen molar-refractivity contribution in [1.29, 1.82) is 0 Å². The van der Waals surface area contributed by atoms with Crippen LogP contribution in [0.2, 0.25) is 0 Å². The van der Waals surface area contributed by atoms with E-state index in [1.54, 1.807) is 0 Å². The van der Waals surface area contributed by atoms with E-state index in [4.69, 9.17) is 0 Å². The molecule has 4 nitrogen and oxygen atoms in total. The van der Waals surface area contributed by atoms with Gasteiger partial charge in [0.15, 0.2) is 0 Å². The maximum atomic E-state index is 12.1. The molecule has 0 aliphatic carbocycles. The third-order valence-corrected chi connectivity index (χ3v) is 3.75. The number of hydrogen-bond acceptors (Lipinski definition) is 2. The van der Waals surface area contributed by atoms with Gasteiger partial charge >= 0.3 is 0 Å². The van der Waals surface area contributed by atoms with Gasteiger partial charge in [-0.15, -0.1) is 0 Å². The third kappa shape index (κ3) is 4.20. The molecule has 2 aromatic rings. The van der Waals surface area contributed by atoms with Gasteiger partial charge in [-0.3, -0.25) is 9.48 Å². The quantitative estimate of drug-likeness (QED) is 0.888. The molecule has 1 atom stereocenters. The first-order valence-electron chi connectivity index (χ1n) is 7.90. The highest BCUT2D eigenvalue weighted by Crippen LogP contribution is 2.10. The van der Waals surface area contributed by atoms with E-state index in [9.17, 15) is 4.79 Å². The monoisotopic (exact) mass is 299 g/mol. The normalized spacial score (nSPS) is 12.2. The smallest absolute Gasteiger partial charge is 0.251 e. The highest BCUT2D eigenvalue weighted by atomic mass is 16.1. The first kappa shape index (κ1) is 16.3. The Labute approximate surface area is 132 Å². The number of carbonyl (C=O) groups is 1. The topological polar surface area (TPSA) is 46.9 Å². The average Bonchev–Trinajstić information content (AvgIpc) is 2.77. The highest BCUT2D eigenvalue weighted by molar-refractivity contribution is 5.94. The second kappa shape index (κ2) is 7.25. The zero-order valence-electron chi connectivity index (χ0n) is 13.9. The molecule has 0 saturated heterocycles. The predicted octanol–water partition coefficient (Wildman–Crippen LogP) is 3.47. The molecule has 22 heavy (non-hydrogen) atoms. The SMILES string of the molecule is CCC[C@@H](C)NC(=O)c1ccc(Cn2nc(C)cc2C)cc1. The van der Waals surface area contributed by atoms with E-state index in [1.807, 2.05) is 42.8 Å². The molecule has 1 N–H and O–H groups in total. The lowest BCUT2D eigenvalue weighted by molar-refractivity contribution is 0.0938. The van der Waals surface area contributed by atoms with Crippen molar-refractivity contribution in [2.24, 2.45) is 0 Å². The van der Waals surface area contributed by atoms with E-state index in [2.05, 4.69) is 30.3 Å². The van der Waals surface area contributed by atoms with Crippen LogP contribution in [-0.2, 0) is 6.54 Å². The molecule has 118 valence electrons. The number of hydrogen-bond donors (Lipinski definition) is 1. The van der Waals surface area contributed by atoms with Gasteiger partial charge in [0.05, 0.1) is 12.2 Å². The number of nitrogens with zero attached hydrogens (tertiary/aromatic N) is 2. The molecule has 1 aromatic carbocycles. The lowest BCUT2D eigenvalue weighted by Gasteiger charge is -2.13. The summed E-state index contributed by atoms with van der Waals surface area (Å²) in [6.07, 6.45) is 2.07. The lowest BCUT2D eigenvalue weighted by Crippen LogP contribution is -2.32. The molecular formula is C18H25N3O.